The lowest BCUT2D eigenvalue weighted by molar-refractivity contribution is -0.143. The summed E-state index contributed by atoms with van der Waals surface area (Å²) in [6, 6.07) is 11.4. The number of nitrogens with two attached hydrogens (primary N) is 1. The number of hydrogen-bond donors (Lipinski definition) is 1. The summed E-state index contributed by atoms with van der Waals surface area (Å²) in [6.07, 6.45) is 0. The number of carbonyl (C=O) groups is 2. The number of carbonyl (C=O) groups excluding carboxylic acids is 2. The van der Waals surface area contributed by atoms with Crippen LogP contribution in [-0.2, 0) is 26.1 Å². The molecule has 0 radical (unpaired) electrons. The molecular formula is C20H21N3O5S3. The predicted molar refractivity (Wildman–Crippen MR) is 121 cm³/mol. The second kappa shape index (κ2) is 9.77. The molecule has 31 heavy (non-hydrogen) atoms. The number of rotatable bonds is 7. The van der Waals surface area contributed by atoms with Crippen molar-refractivity contribution in [3.8, 4) is 0 Å². The van der Waals surface area contributed by atoms with Crippen molar-refractivity contribution in [2.75, 3.05) is 12.4 Å². The average molecular weight is 480 g/mol. The van der Waals surface area contributed by atoms with Crippen LogP contribution in [0.4, 0.5) is 0 Å². The fourth-order valence-corrected chi connectivity index (χ4v) is 5.24. The molecule has 3 aromatic rings. The lowest BCUT2D eigenvalue weighted by atomic mass is 10.2. The van der Waals surface area contributed by atoms with Gasteiger partial charge in [0.15, 0.2) is 4.80 Å². The zero-order valence-corrected chi connectivity index (χ0v) is 19.4. The Kier molecular flexibility index (Phi) is 7.31. The first-order valence-corrected chi connectivity index (χ1v) is 12.7. The van der Waals surface area contributed by atoms with Crippen molar-refractivity contribution in [3.63, 3.8) is 0 Å². The largest absolute Gasteiger partial charge is 0.465 e. The predicted octanol–water partition coefficient (Wildman–Crippen LogP) is 2.77. The summed E-state index contributed by atoms with van der Waals surface area (Å²) < 4.78 is 30.5. The van der Waals surface area contributed by atoms with Gasteiger partial charge in [0.2, 0.25) is 10.0 Å². The molecule has 8 nitrogen and oxygen atoms in total. The highest BCUT2D eigenvalue weighted by atomic mass is 32.2. The van der Waals surface area contributed by atoms with Crippen LogP contribution in [0.5, 0.6) is 0 Å². The molecule has 1 aromatic heterocycles. The highest BCUT2D eigenvalue weighted by Crippen LogP contribution is 2.22. The summed E-state index contributed by atoms with van der Waals surface area (Å²) in [5, 5.41) is 5.22. The smallest absolute Gasteiger partial charge is 0.326 e. The normalized spacial score (nSPS) is 12.3. The minimum atomic E-state index is -3.90. The minimum Gasteiger partial charge on any atom is -0.465 e. The first kappa shape index (κ1) is 23.2. The molecule has 2 aromatic carbocycles. The van der Waals surface area contributed by atoms with Gasteiger partial charge in [-0.15, -0.1) is 11.8 Å². The molecule has 3 rings (SSSR count). The van der Waals surface area contributed by atoms with Crippen molar-refractivity contribution in [1.82, 2.24) is 4.57 Å². The zero-order chi connectivity index (χ0) is 22.6. The van der Waals surface area contributed by atoms with E-state index in [1.54, 1.807) is 36.9 Å². The first-order valence-electron chi connectivity index (χ1n) is 9.36. The summed E-state index contributed by atoms with van der Waals surface area (Å²) in [5.41, 5.74) is 0.969. The molecular weight excluding hydrogens is 458 g/mol. The van der Waals surface area contributed by atoms with E-state index in [4.69, 9.17) is 9.88 Å². The van der Waals surface area contributed by atoms with Crippen molar-refractivity contribution in [2.24, 2.45) is 10.1 Å². The fraction of sp³-hybridized carbons (Fsp3) is 0.250. The van der Waals surface area contributed by atoms with Crippen molar-refractivity contribution in [1.29, 1.82) is 0 Å². The van der Waals surface area contributed by atoms with E-state index in [1.165, 1.54) is 22.8 Å². The number of amides is 1. The van der Waals surface area contributed by atoms with Gasteiger partial charge in [-0.05, 0) is 49.1 Å². The second-order valence-electron chi connectivity index (χ2n) is 6.33. The van der Waals surface area contributed by atoms with Gasteiger partial charge in [0, 0.05) is 10.5 Å². The van der Waals surface area contributed by atoms with Crippen molar-refractivity contribution in [2.45, 2.75) is 30.2 Å². The van der Waals surface area contributed by atoms with Gasteiger partial charge in [0.1, 0.15) is 6.54 Å². The number of nitrogens with zero attached hydrogens (tertiary/aromatic N) is 2. The topological polar surface area (TPSA) is 121 Å². The number of hydrogen-bond acceptors (Lipinski definition) is 7. The maximum atomic E-state index is 12.8. The van der Waals surface area contributed by atoms with Gasteiger partial charge in [0.25, 0.3) is 5.91 Å². The van der Waals surface area contributed by atoms with E-state index in [0.717, 1.165) is 22.0 Å². The van der Waals surface area contributed by atoms with Crippen LogP contribution in [-0.4, -0.2) is 37.2 Å². The first-order chi connectivity index (χ1) is 14.7. The van der Waals surface area contributed by atoms with E-state index in [1.807, 2.05) is 13.0 Å². The number of esters is 1. The van der Waals surface area contributed by atoms with Gasteiger partial charge in [-0.1, -0.05) is 24.3 Å². The van der Waals surface area contributed by atoms with Gasteiger partial charge in [-0.25, -0.2) is 13.6 Å². The third kappa shape index (κ3) is 5.62. The van der Waals surface area contributed by atoms with Crippen LogP contribution >= 0.6 is 23.1 Å². The molecule has 0 aliphatic carbocycles. The molecule has 0 bridgehead atoms. The Bertz CT molecular complexity index is 1310. The maximum Gasteiger partial charge on any atom is 0.326 e. The van der Waals surface area contributed by atoms with E-state index >= 15 is 0 Å². The van der Waals surface area contributed by atoms with Crippen molar-refractivity contribution < 1.29 is 22.7 Å². The van der Waals surface area contributed by atoms with Crippen LogP contribution in [0.25, 0.3) is 10.2 Å². The minimum absolute atomic E-state index is 0.0632. The zero-order valence-electron chi connectivity index (χ0n) is 16.9. The highest BCUT2D eigenvalue weighted by Gasteiger charge is 2.16. The average Bonchev–Trinajstić information content (AvgIpc) is 3.04. The Balaban J connectivity index is 2.13. The van der Waals surface area contributed by atoms with E-state index in [9.17, 15) is 18.0 Å². The quantitative estimate of drug-likeness (QED) is 0.411. The summed E-state index contributed by atoms with van der Waals surface area (Å²) in [7, 11) is -3.90. The molecule has 1 heterocycles. The molecule has 11 heteroatoms. The van der Waals surface area contributed by atoms with Gasteiger partial charge in [-0.2, -0.15) is 4.99 Å². The van der Waals surface area contributed by atoms with Crippen LogP contribution in [0.3, 0.4) is 0 Å². The molecule has 0 aliphatic rings. The fourth-order valence-electron chi connectivity index (χ4n) is 2.84. The Labute approximate surface area is 187 Å². The molecule has 0 saturated heterocycles. The monoisotopic (exact) mass is 479 g/mol. The number of aromatic nitrogens is 1. The number of primary sulfonamides is 1. The van der Waals surface area contributed by atoms with Crippen LogP contribution in [0.1, 0.15) is 24.2 Å². The van der Waals surface area contributed by atoms with Crippen LogP contribution in [0.15, 0.2) is 57.2 Å². The summed E-state index contributed by atoms with van der Waals surface area (Å²) in [4.78, 5) is 30.3. The highest BCUT2D eigenvalue weighted by molar-refractivity contribution is 7.99. The van der Waals surface area contributed by atoms with E-state index < -0.39 is 21.9 Å². The van der Waals surface area contributed by atoms with E-state index in [-0.39, 0.29) is 22.8 Å². The Morgan fingerprint density at radius 2 is 1.97 bits per heavy atom. The Hall–Kier alpha value is -2.47. The lowest BCUT2D eigenvalue weighted by Crippen LogP contribution is -2.23. The molecule has 2 N–H and O–H groups in total. The van der Waals surface area contributed by atoms with Crippen molar-refractivity contribution >= 4 is 55.2 Å². The van der Waals surface area contributed by atoms with E-state index in [2.05, 4.69) is 4.99 Å². The Morgan fingerprint density at radius 1 is 1.19 bits per heavy atom. The number of sulfonamides is 1. The van der Waals surface area contributed by atoms with Gasteiger partial charge >= 0.3 is 5.97 Å². The summed E-state index contributed by atoms with van der Waals surface area (Å²) in [5.74, 6) is -0.0841. The maximum absolute atomic E-state index is 12.8. The van der Waals surface area contributed by atoms with Crippen LogP contribution < -0.4 is 9.94 Å². The van der Waals surface area contributed by atoms with Gasteiger partial charge in [-0.3, -0.25) is 9.59 Å². The number of fused-ring (bicyclic) bond motifs is 1. The third-order valence-corrected chi connectivity index (χ3v) is 6.99. The molecule has 0 unspecified atom stereocenters. The summed E-state index contributed by atoms with van der Waals surface area (Å²) >= 11 is 2.71. The third-order valence-electron chi connectivity index (χ3n) is 4.16. The van der Waals surface area contributed by atoms with Gasteiger partial charge in [0.05, 0.1) is 21.7 Å². The number of ether oxygens (including phenoxy) is 1. The molecule has 1 amide bonds. The van der Waals surface area contributed by atoms with Crippen molar-refractivity contribution in [3.05, 3.63) is 52.8 Å². The molecule has 0 aliphatic heterocycles. The molecule has 0 spiro atoms. The molecule has 0 fully saturated rings. The standard InChI is InChI=1S/C20H21N3O5S3/c1-3-28-18(24)12-23-16-9-8-15(31(21,26)27)11-17(16)30-20(23)22-19(25)13-6-5-7-14(10-13)29-4-2/h5-11H,3-4,12H2,1-2H3,(H2,21,26,27). The van der Waals surface area contributed by atoms with Crippen LogP contribution in [0.2, 0.25) is 0 Å². The van der Waals surface area contributed by atoms with Gasteiger partial charge < -0.3 is 9.30 Å². The number of thioether (sulfide) groups is 1. The SMILES string of the molecule is CCOC(=O)Cn1c(=NC(=O)c2cccc(SCC)c2)sc2cc(S(N)(=O)=O)ccc21. The number of benzene rings is 2. The summed E-state index contributed by atoms with van der Waals surface area (Å²) in [6.45, 7) is 3.77. The molecule has 0 saturated carbocycles. The molecule has 164 valence electrons. The molecule has 0 atom stereocenters. The van der Waals surface area contributed by atoms with E-state index in [0.29, 0.717) is 15.8 Å². The lowest BCUT2D eigenvalue weighted by Gasteiger charge is -2.06. The van der Waals surface area contributed by atoms with Crippen LogP contribution in [0, 0.1) is 0 Å². The number of thiazole rings is 1. The second-order valence-corrected chi connectivity index (χ2v) is 10.2. The Morgan fingerprint density at radius 3 is 2.65 bits per heavy atom.